The number of aromatic nitrogens is 2. The first-order chi connectivity index (χ1) is 13.1. The molecule has 5 nitrogen and oxygen atoms in total. The molecule has 0 amide bonds. The number of aromatic amines is 1. The molecule has 0 unspecified atom stereocenters. The van der Waals surface area contributed by atoms with Crippen LogP contribution in [0.3, 0.4) is 0 Å². The van der Waals surface area contributed by atoms with E-state index in [1.807, 2.05) is 6.07 Å². The molecule has 4 rings (SSSR count). The number of H-pyrrole nitrogens is 1. The molecular weight excluding hydrogens is 364 g/mol. The molecule has 6 heteroatoms. The lowest BCUT2D eigenvalue weighted by atomic mass is 10.2. The van der Waals surface area contributed by atoms with Crippen molar-refractivity contribution in [1.82, 2.24) is 9.97 Å². The fraction of sp³-hybridized carbons (Fsp3) is 0. The Morgan fingerprint density at radius 3 is 2.56 bits per heavy atom. The van der Waals surface area contributed by atoms with Crippen molar-refractivity contribution in [3.63, 3.8) is 0 Å². The minimum atomic E-state index is -0.496. The van der Waals surface area contributed by atoms with Crippen molar-refractivity contribution in [2.24, 2.45) is 0 Å². The number of benzene rings is 3. The van der Waals surface area contributed by atoms with Crippen LogP contribution in [0.1, 0.15) is 10.4 Å². The van der Waals surface area contributed by atoms with Crippen LogP contribution in [0.25, 0.3) is 22.3 Å². The molecule has 0 saturated heterocycles. The van der Waals surface area contributed by atoms with Gasteiger partial charge >= 0.3 is 5.97 Å². The van der Waals surface area contributed by atoms with Crippen LogP contribution in [-0.4, -0.2) is 15.9 Å². The third-order valence-corrected chi connectivity index (χ3v) is 4.26. The highest BCUT2D eigenvalue weighted by atomic mass is 35.5. The largest absolute Gasteiger partial charge is 0.423 e. The predicted octanol–water partition coefficient (Wildman–Crippen LogP) is 4.46. The molecule has 0 bridgehead atoms. The molecule has 27 heavy (non-hydrogen) atoms. The van der Waals surface area contributed by atoms with E-state index in [1.165, 1.54) is 0 Å². The van der Waals surface area contributed by atoms with Gasteiger partial charge in [0.15, 0.2) is 0 Å². The number of hydrogen-bond acceptors (Lipinski definition) is 4. The summed E-state index contributed by atoms with van der Waals surface area (Å²) < 4.78 is 5.42. The molecule has 0 radical (unpaired) electrons. The summed E-state index contributed by atoms with van der Waals surface area (Å²) in [5.74, 6) is 0.259. The van der Waals surface area contributed by atoms with E-state index in [0.29, 0.717) is 38.6 Å². The number of halogens is 1. The predicted molar refractivity (Wildman–Crippen MR) is 104 cm³/mol. The minimum Gasteiger partial charge on any atom is -0.423 e. The van der Waals surface area contributed by atoms with Crippen molar-refractivity contribution in [2.75, 3.05) is 0 Å². The van der Waals surface area contributed by atoms with Gasteiger partial charge in [-0.3, -0.25) is 4.79 Å². The normalized spacial score (nSPS) is 10.7. The number of carbonyl (C=O) groups excluding carboxylic acids is 1. The molecule has 0 fully saturated rings. The maximum Gasteiger partial charge on any atom is 0.343 e. The van der Waals surface area contributed by atoms with Gasteiger partial charge in [-0.1, -0.05) is 35.9 Å². The molecule has 0 atom stereocenters. The summed E-state index contributed by atoms with van der Waals surface area (Å²) in [6.45, 7) is 0. The van der Waals surface area contributed by atoms with Crippen molar-refractivity contribution in [1.29, 1.82) is 0 Å². The molecule has 0 aliphatic carbocycles. The van der Waals surface area contributed by atoms with Crippen molar-refractivity contribution in [3.8, 4) is 17.1 Å². The standard InChI is InChI=1S/C21H13ClN2O3/c22-15-10-8-13(9-11-15)21(26)27-16-5-3-4-14(12-16)19-23-18-7-2-1-6-17(18)20(25)24-19/h1-12H,(H,23,24,25). The molecule has 0 spiro atoms. The molecule has 1 N–H and O–H groups in total. The third kappa shape index (κ3) is 3.59. The lowest BCUT2D eigenvalue weighted by molar-refractivity contribution is 0.0735. The van der Waals surface area contributed by atoms with Crippen LogP contribution in [0.15, 0.2) is 77.6 Å². The second kappa shape index (κ2) is 7.05. The van der Waals surface area contributed by atoms with E-state index >= 15 is 0 Å². The van der Waals surface area contributed by atoms with Gasteiger partial charge in [0.1, 0.15) is 11.6 Å². The van der Waals surface area contributed by atoms with Gasteiger partial charge in [-0.05, 0) is 48.5 Å². The SMILES string of the molecule is O=C(Oc1cccc(-c2nc3ccccc3c(=O)[nH]2)c1)c1ccc(Cl)cc1. The van der Waals surface area contributed by atoms with E-state index in [2.05, 4.69) is 9.97 Å². The quantitative estimate of drug-likeness (QED) is 0.423. The zero-order valence-electron chi connectivity index (χ0n) is 14.0. The summed E-state index contributed by atoms with van der Waals surface area (Å²) >= 11 is 5.83. The first kappa shape index (κ1) is 17.0. The summed E-state index contributed by atoms with van der Waals surface area (Å²) in [6.07, 6.45) is 0. The van der Waals surface area contributed by atoms with Crippen LogP contribution in [0.5, 0.6) is 5.75 Å². The zero-order chi connectivity index (χ0) is 18.8. The number of fused-ring (bicyclic) bond motifs is 1. The first-order valence-electron chi connectivity index (χ1n) is 8.17. The Bertz CT molecular complexity index is 1200. The van der Waals surface area contributed by atoms with Gasteiger partial charge in [0.05, 0.1) is 16.5 Å². The van der Waals surface area contributed by atoms with Crippen LogP contribution in [0.4, 0.5) is 0 Å². The average Bonchev–Trinajstić information content (AvgIpc) is 2.68. The Kier molecular flexibility index (Phi) is 4.44. The number of rotatable bonds is 3. The van der Waals surface area contributed by atoms with E-state index in [1.54, 1.807) is 66.7 Å². The zero-order valence-corrected chi connectivity index (χ0v) is 14.7. The van der Waals surface area contributed by atoms with Crippen LogP contribution in [-0.2, 0) is 0 Å². The number of esters is 1. The maximum absolute atomic E-state index is 12.3. The molecule has 4 aromatic rings. The Balaban J connectivity index is 1.66. The monoisotopic (exact) mass is 376 g/mol. The summed E-state index contributed by atoms with van der Waals surface area (Å²) in [5, 5.41) is 1.06. The van der Waals surface area contributed by atoms with Gasteiger partial charge in [0.25, 0.3) is 5.56 Å². The number of ether oxygens (including phenoxy) is 1. The molecule has 1 aromatic heterocycles. The molecule has 132 valence electrons. The third-order valence-electron chi connectivity index (χ3n) is 4.01. The van der Waals surface area contributed by atoms with E-state index in [4.69, 9.17) is 16.3 Å². The van der Waals surface area contributed by atoms with Crippen molar-refractivity contribution >= 4 is 28.5 Å². The van der Waals surface area contributed by atoms with E-state index in [9.17, 15) is 9.59 Å². The molecule has 0 aliphatic heterocycles. The van der Waals surface area contributed by atoms with E-state index in [-0.39, 0.29) is 5.56 Å². The first-order valence-corrected chi connectivity index (χ1v) is 8.55. The molecule has 0 aliphatic rings. The van der Waals surface area contributed by atoms with Gasteiger partial charge in [-0.15, -0.1) is 0 Å². The fourth-order valence-electron chi connectivity index (χ4n) is 2.68. The van der Waals surface area contributed by atoms with Gasteiger partial charge in [-0.25, -0.2) is 9.78 Å². The summed E-state index contributed by atoms with van der Waals surface area (Å²) in [5.41, 5.74) is 1.40. The Morgan fingerprint density at radius 2 is 1.74 bits per heavy atom. The van der Waals surface area contributed by atoms with Crippen molar-refractivity contribution in [3.05, 3.63) is 93.7 Å². The summed E-state index contributed by atoms with van der Waals surface area (Å²) in [6, 6.07) is 20.4. The fourth-order valence-corrected chi connectivity index (χ4v) is 2.81. The molecule has 1 heterocycles. The Hall–Kier alpha value is -3.44. The van der Waals surface area contributed by atoms with Gasteiger partial charge in [-0.2, -0.15) is 0 Å². The van der Waals surface area contributed by atoms with Crippen LogP contribution in [0, 0.1) is 0 Å². The van der Waals surface area contributed by atoms with E-state index in [0.717, 1.165) is 0 Å². The lowest BCUT2D eigenvalue weighted by Crippen LogP contribution is -2.10. The topological polar surface area (TPSA) is 72.0 Å². The van der Waals surface area contributed by atoms with Crippen LogP contribution < -0.4 is 10.3 Å². The Morgan fingerprint density at radius 1 is 0.963 bits per heavy atom. The number of nitrogens with zero attached hydrogens (tertiary/aromatic N) is 1. The maximum atomic E-state index is 12.3. The lowest BCUT2D eigenvalue weighted by Gasteiger charge is -2.07. The number of carbonyl (C=O) groups is 1. The number of hydrogen-bond donors (Lipinski definition) is 1. The van der Waals surface area contributed by atoms with Crippen molar-refractivity contribution < 1.29 is 9.53 Å². The minimum absolute atomic E-state index is 0.223. The highest BCUT2D eigenvalue weighted by Gasteiger charge is 2.11. The highest BCUT2D eigenvalue weighted by Crippen LogP contribution is 2.22. The molecule has 3 aromatic carbocycles. The summed E-state index contributed by atoms with van der Waals surface area (Å²) in [7, 11) is 0. The Labute approximate surface area is 159 Å². The average molecular weight is 377 g/mol. The number of para-hydroxylation sites is 1. The van der Waals surface area contributed by atoms with Crippen LogP contribution in [0.2, 0.25) is 5.02 Å². The summed E-state index contributed by atoms with van der Waals surface area (Å²) in [4.78, 5) is 31.8. The van der Waals surface area contributed by atoms with E-state index < -0.39 is 5.97 Å². The van der Waals surface area contributed by atoms with Gasteiger partial charge in [0, 0.05) is 10.6 Å². The molecule has 0 saturated carbocycles. The highest BCUT2D eigenvalue weighted by molar-refractivity contribution is 6.30. The second-order valence-electron chi connectivity index (χ2n) is 5.86. The number of nitrogens with one attached hydrogen (secondary N) is 1. The van der Waals surface area contributed by atoms with Crippen molar-refractivity contribution in [2.45, 2.75) is 0 Å². The smallest absolute Gasteiger partial charge is 0.343 e. The van der Waals surface area contributed by atoms with Crippen LogP contribution >= 0.6 is 11.6 Å². The van der Waals surface area contributed by atoms with Gasteiger partial charge < -0.3 is 9.72 Å². The van der Waals surface area contributed by atoms with Gasteiger partial charge in [0.2, 0.25) is 0 Å². The molecular formula is C21H13ClN2O3. The second-order valence-corrected chi connectivity index (χ2v) is 6.29.